The number of fused-ring (bicyclic) bond motifs is 1. The van der Waals surface area contributed by atoms with E-state index in [1.54, 1.807) is 12.1 Å². The van der Waals surface area contributed by atoms with Crippen LogP contribution in [-0.4, -0.2) is 45.8 Å². The molecule has 3 aliphatic rings. The number of hydrogen-bond acceptors (Lipinski definition) is 4. The number of halogens is 2. The van der Waals surface area contributed by atoms with Crippen LogP contribution in [-0.2, 0) is 14.3 Å². The summed E-state index contributed by atoms with van der Waals surface area (Å²) < 4.78 is 19.8. The minimum atomic E-state index is -0.718. The second-order valence-corrected chi connectivity index (χ2v) is 8.25. The topological polar surface area (TPSA) is 66.8 Å². The number of β-amino-alcohol motifs (C(OH)–C–C–N with tert-alkyl or cyclic N) is 1. The molecule has 4 atom stereocenters. The molecule has 5 nitrogen and oxygen atoms in total. The minimum absolute atomic E-state index is 0.0556. The summed E-state index contributed by atoms with van der Waals surface area (Å²) in [6.45, 7) is -0.192. The van der Waals surface area contributed by atoms with E-state index >= 15 is 0 Å². The molecule has 138 valence electrons. The highest BCUT2D eigenvalue weighted by Gasteiger charge is 2.52. The molecule has 2 aliphatic heterocycles. The SMILES string of the molecule is O=C1C2=C(OC3CCC(Br)CC13)C(=O)N(CCO)C2c1cccc(F)c1. The van der Waals surface area contributed by atoms with Crippen LogP contribution in [0.25, 0.3) is 0 Å². The second kappa shape index (κ2) is 6.78. The first kappa shape index (κ1) is 17.7. The summed E-state index contributed by atoms with van der Waals surface area (Å²) in [5.74, 6) is -1.16. The lowest BCUT2D eigenvalue weighted by molar-refractivity contribution is -0.135. The molecule has 1 aliphatic carbocycles. The van der Waals surface area contributed by atoms with Crippen molar-refractivity contribution >= 4 is 27.6 Å². The third-order valence-corrected chi connectivity index (χ3v) is 6.22. The van der Waals surface area contributed by atoms with Crippen molar-refractivity contribution in [2.45, 2.75) is 36.2 Å². The largest absolute Gasteiger partial charge is 0.483 e. The van der Waals surface area contributed by atoms with Crippen molar-refractivity contribution in [3.8, 4) is 0 Å². The second-order valence-electron chi connectivity index (χ2n) is 6.96. The molecule has 1 amide bonds. The van der Waals surface area contributed by atoms with Gasteiger partial charge in [-0.2, -0.15) is 0 Å². The lowest BCUT2D eigenvalue weighted by atomic mass is 9.77. The summed E-state index contributed by atoms with van der Waals surface area (Å²) in [5, 5.41) is 9.39. The summed E-state index contributed by atoms with van der Waals surface area (Å²) >= 11 is 3.58. The number of ketones is 1. The summed E-state index contributed by atoms with van der Waals surface area (Å²) in [7, 11) is 0. The van der Waals surface area contributed by atoms with Crippen LogP contribution in [0.4, 0.5) is 4.39 Å². The zero-order valence-electron chi connectivity index (χ0n) is 14.0. The third-order valence-electron chi connectivity index (χ3n) is 5.38. The number of rotatable bonds is 3. The van der Waals surface area contributed by atoms with E-state index in [0.29, 0.717) is 24.0 Å². The molecule has 0 radical (unpaired) electrons. The first-order valence-corrected chi connectivity index (χ1v) is 9.69. The molecule has 1 aromatic carbocycles. The number of carbonyl (C=O) groups is 2. The van der Waals surface area contributed by atoms with E-state index in [-0.39, 0.29) is 41.5 Å². The zero-order chi connectivity index (χ0) is 18.4. The number of amides is 1. The molecule has 0 bridgehead atoms. The third kappa shape index (κ3) is 2.77. The summed E-state index contributed by atoms with van der Waals surface area (Å²) in [5.41, 5.74) is 0.815. The Morgan fingerprint density at radius 3 is 2.85 bits per heavy atom. The van der Waals surface area contributed by atoms with E-state index in [1.807, 2.05) is 0 Å². The van der Waals surface area contributed by atoms with Gasteiger partial charge in [-0.05, 0) is 37.0 Å². The fraction of sp³-hybridized carbons (Fsp3) is 0.474. The van der Waals surface area contributed by atoms with Crippen molar-refractivity contribution in [1.82, 2.24) is 4.90 Å². The lowest BCUT2D eigenvalue weighted by Gasteiger charge is -2.37. The van der Waals surface area contributed by atoms with Crippen LogP contribution < -0.4 is 0 Å². The van der Waals surface area contributed by atoms with Crippen LogP contribution in [0.15, 0.2) is 35.6 Å². The van der Waals surface area contributed by atoms with Gasteiger partial charge in [-0.3, -0.25) is 9.59 Å². The van der Waals surface area contributed by atoms with Gasteiger partial charge in [0.15, 0.2) is 11.5 Å². The maximum absolute atomic E-state index is 13.8. The maximum atomic E-state index is 13.8. The highest BCUT2D eigenvalue weighted by Crippen LogP contribution is 2.47. The van der Waals surface area contributed by atoms with Gasteiger partial charge in [0, 0.05) is 11.4 Å². The van der Waals surface area contributed by atoms with E-state index in [9.17, 15) is 19.1 Å². The molecule has 0 spiro atoms. The van der Waals surface area contributed by atoms with Gasteiger partial charge in [-0.25, -0.2) is 4.39 Å². The number of aliphatic hydroxyl groups is 1. The van der Waals surface area contributed by atoms with Gasteiger partial charge in [0.05, 0.1) is 24.1 Å². The first-order chi connectivity index (χ1) is 12.5. The standard InChI is InChI=1S/C19H19BrFNO4/c20-11-4-5-14-13(9-11)17(24)15-16(10-2-1-3-12(21)8-10)22(6-7-23)19(25)18(15)26-14/h1-3,8,11,13-14,16,23H,4-7,9H2. The number of carbonyl (C=O) groups excluding carboxylic acids is 2. The number of hydrogen-bond donors (Lipinski definition) is 1. The quantitative estimate of drug-likeness (QED) is 0.758. The van der Waals surface area contributed by atoms with E-state index < -0.39 is 17.8 Å². The van der Waals surface area contributed by atoms with E-state index in [0.717, 1.165) is 6.42 Å². The fourth-order valence-electron chi connectivity index (χ4n) is 4.22. The van der Waals surface area contributed by atoms with Crippen LogP contribution in [0.3, 0.4) is 0 Å². The van der Waals surface area contributed by atoms with Crippen LogP contribution in [0.2, 0.25) is 0 Å². The molecule has 2 heterocycles. The number of Topliss-reactive ketones (excluding diaryl/α,β-unsaturated/α-hetero) is 1. The maximum Gasteiger partial charge on any atom is 0.290 e. The van der Waals surface area contributed by atoms with Gasteiger partial charge < -0.3 is 14.7 Å². The number of alkyl halides is 1. The molecule has 4 unspecified atom stereocenters. The monoisotopic (exact) mass is 423 g/mol. The predicted octanol–water partition coefficient (Wildman–Crippen LogP) is 2.49. The Morgan fingerprint density at radius 1 is 1.31 bits per heavy atom. The zero-order valence-corrected chi connectivity index (χ0v) is 15.6. The molecule has 1 aromatic rings. The fourth-order valence-corrected chi connectivity index (χ4v) is 4.89. The number of nitrogens with zero attached hydrogens (tertiary/aromatic N) is 1. The molecular weight excluding hydrogens is 405 g/mol. The lowest BCUT2D eigenvalue weighted by Crippen LogP contribution is -2.41. The van der Waals surface area contributed by atoms with Crippen molar-refractivity contribution in [2.24, 2.45) is 5.92 Å². The van der Waals surface area contributed by atoms with Crippen molar-refractivity contribution in [2.75, 3.05) is 13.2 Å². The van der Waals surface area contributed by atoms with Crippen LogP contribution >= 0.6 is 15.9 Å². The van der Waals surface area contributed by atoms with E-state index in [1.165, 1.54) is 17.0 Å². The molecule has 26 heavy (non-hydrogen) atoms. The molecule has 1 saturated carbocycles. The summed E-state index contributed by atoms with van der Waals surface area (Å²) in [6, 6.07) is 5.17. The van der Waals surface area contributed by atoms with Crippen molar-refractivity contribution in [3.63, 3.8) is 0 Å². The van der Waals surface area contributed by atoms with Crippen molar-refractivity contribution in [1.29, 1.82) is 0 Å². The molecule has 1 N–H and O–H groups in total. The van der Waals surface area contributed by atoms with Gasteiger partial charge in [0.25, 0.3) is 5.91 Å². The number of benzene rings is 1. The van der Waals surface area contributed by atoms with Crippen LogP contribution in [0.1, 0.15) is 30.9 Å². The Hall–Kier alpha value is -1.73. The first-order valence-electron chi connectivity index (χ1n) is 8.77. The number of ether oxygens (including phenoxy) is 1. The Balaban J connectivity index is 1.79. The number of aliphatic hydroxyl groups excluding tert-OH is 1. The predicted molar refractivity (Wildman–Crippen MR) is 94.9 cm³/mol. The molecule has 0 aromatic heterocycles. The molecule has 0 saturated heterocycles. The summed E-state index contributed by atoms with van der Waals surface area (Å²) in [6.07, 6.45) is 1.96. The molecule has 7 heteroatoms. The average molecular weight is 424 g/mol. The highest BCUT2D eigenvalue weighted by atomic mass is 79.9. The Morgan fingerprint density at radius 2 is 2.12 bits per heavy atom. The van der Waals surface area contributed by atoms with Gasteiger partial charge in [-0.1, -0.05) is 28.1 Å². The van der Waals surface area contributed by atoms with Gasteiger partial charge in [0.1, 0.15) is 11.9 Å². The Kier molecular flexibility index (Phi) is 4.61. The molecular formula is C19H19BrFNO4. The Labute approximate surface area is 158 Å². The van der Waals surface area contributed by atoms with Crippen LogP contribution in [0, 0.1) is 11.7 Å². The highest BCUT2D eigenvalue weighted by molar-refractivity contribution is 9.09. The normalized spacial score (nSPS) is 31.0. The smallest absolute Gasteiger partial charge is 0.290 e. The van der Waals surface area contributed by atoms with E-state index in [4.69, 9.17) is 4.74 Å². The van der Waals surface area contributed by atoms with Crippen molar-refractivity contribution < 1.29 is 23.8 Å². The van der Waals surface area contributed by atoms with Gasteiger partial charge in [-0.15, -0.1) is 0 Å². The average Bonchev–Trinajstić information content (AvgIpc) is 2.89. The molecule has 4 rings (SSSR count). The molecule has 1 fully saturated rings. The minimum Gasteiger partial charge on any atom is -0.483 e. The van der Waals surface area contributed by atoms with Gasteiger partial charge in [0.2, 0.25) is 0 Å². The van der Waals surface area contributed by atoms with Gasteiger partial charge >= 0.3 is 0 Å². The van der Waals surface area contributed by atoms with Crippen LogP contribution in [0.5, 0.6) is 0 Å². The van der Waals surface area contributed by atoms with Crippen molar-refractivity contribution in [3.05, 3.63) is 47.0 Å². The summed E-state index contributed by atoms with van der Waals surface area (Å²) in [4.78, 5) is 27.8. The Bertz CT molecular complexity index is 795. The van der Waals surface area contributed by atoms with E-state index in [2.05, 4.69) is 15.9 Å².